The Balaban J connectivity index is 1.42. The molecule has 0 N–H and O–H groups in total. The lowest BCUT2D eigenvalue weighted by Gasteiger charge is -2.23. The maximum Gasteiger partial charge on any atom is 0.238 e. The van der Waals surface area contributed by atoms with Gasteiger partial charge in [0.15, 0.2) is 5.82 Å². The molecule has 0 bridgehead atoms. The standard InChI is InChI=1S/C25H25FN6O/c1-16-6-4-7-19(23(16)26)20-8-5-13-32-24(20)29-22(30-32)12-10-18-9-11-21(25(28-18)33-3)31-14-17(2)27-15-31/h4,6-7,9-12,14-15,20H,5,8,13H2,1-3H3. The lowest BCUT2D eigenvalue weighted by molar-refractivity contribution is 0.395. The van der Waals surface area contributed by atoms with Crippen molar-refractivity contribution < 1.29 is 9.13 Å². The summed E-state index contributed by atoms with van der Waals surface area (Å²) in [6.07, 6.45) is 9.13. The van der Waals surface area contributed by atoms with Crippen molar-refractivity contribution in [2.75, 3.05) is 7.11 Å². The van der Waals surface area contributed by atoms with Gasteiger partial charge in [-0.25, -0.2) is 24.0 Å². The summed E-state index contributed by atoms with van der Waals surface area (Å²) < 4.78 is 24.1. The van der Waals surface area contributed by atoms with E-state index in [0.717, 1.165) is 42.3 Å². The third-order valence-electron chi connectivity index (χ3n) is 5.94. The van der Waals surface area contributed by atoms with Crippen molar-refractivity contribution in [3.05, 3.63) is 82.8 Å². The third kappa shape index (κ3) is 4.04. The Hall–Kier alpha value is -3.81. The molecular weight excluding hydrogens is 419 g/mol. The Bertz CT molecular complexity index is 1340. The minimum absolute atomic E-state index is 0.0931. The zero-order chi connectivity index (χ0) is 22.9. The van der Waals surface area contributed by atoms with Gasteiger partial charge in [0, 0.05) is 18.7 Å². The number of aryl methyl sites for hydroxylation is 3. The molecule has 1 aliphatic rings. The molecular formula is C25H25FN6O. The van der Waals surface area contributed by atoms with Crippen LogP contribution in [0.2, 0.25) is 0 Å². The summed E-state index contributed by atoms with van der Waals surface area (Å²) in [6.45, 7) is 4.51. The lowest BCUT2D eigenvalue weighted by Crippen LogP contribution is -2.19. The van der Waals surface area contributed by atoms with E-state index < -0.39 is 0 Å². The summed E-state index contributed by atoms with van der Waals surface area (Å²) >= 11 is 0. The second-order valence-corrected chi connectivity index (χ2v) is 8.24. The fraction of sp³-hybridized carbons (Fsp3) is 0.280. The zero-order valence-electron chi connectivity index (χ0n) is 18.9. The molecule has 5 rings (SSSR count). The summed E-state index contributed by atoms with van der Waals surface area (Å²) in [4.78, 5) is 13.6. The highest BCUT2D eigenvalue weighted by Crippen LogP contribution is 2.34. The van der Waals surface area contributed by atoms with E-state index >= 15 is 0 Å². The Morgan fingerprint density at radius 2 is 2.00 bits per heavy atom. The van der Waals surface area contributed by atoms with E-state index in [1.54, 1.807) is 26.4 Å². The monoisotopic (exact) mass is 444 g/mol. The molecule has 7 nitrogen and oxygen atoms in total. The molecule has 1 aliphatic heterocycles. The fourth-order valence-electron chi connectivity index (χ4n) is 4.27. The summed E-state index contributed by atoms with van der Waals surface area (Å²) in [5.41, 5.74) is 3.80. The van der Waals surface area contributed by atoms with Gasteiger partial charge in [0.2, 0.25) is 5.88 Å². The molecule has 1 aromatic carbocycles. The van der Waals surface area contributed by atoms with Crippen molar-refractivity contribution in [1.29, 1.82) is 0 Å². The molecule has 1 atom stereocenters. The normalized spacial score (nSPS) is 15.7. The first-order valence-corrected chi connectivity index (χ1v) is 11.0. The average Bonchev–Trinajstić information content (AvgIpc) is 3.45. The molecule has 0 radical (unpaired) electrons. The van der Waals surface area contributed by atoms with Crippen molar-refractivity contribution in [1.82, 2.24) is 29.3 Å². The predicted molar refractivity (Wildman–Crippen MR) is 124 cm³/mol. The maximum atomic E-state index is 14.8. The van der Waals surface area contributed by atoms with Gasteiger partial charge in [-0.3, -0.25) is 0 Å². The number of methoxy groups -OCH3 is 1. The van der Waals surface area contributed by atoms with Gasteiger partial charge in [-0.05, 0) is 62.1 Å². The molecule has 0 aliphatic carbocycles. The number of benzene rings is 1. The second-order valence-electron chi connectivity index (χ2n) is 8.24. The molecule has 4 heterocycles. The Kier molecular flexibility index (Phi) is 5.50. The van der Waals surface area contributed by atoms with E-state index in [2.05, 4.69) is 15.1 Å². The molecule has 0 saturated carbocycles. The van der Waals surface area contributed by atoms with Gasteiger partial charge in [-0.15, -0.1) is 0 Å². The molecule has 33 heavy (non-hydrogen) atoms. The first-order valence-electron chi connectivity index (χ1n) is 11.0. The van der Waals surface area contributed by atoms with Gasteiger partial charge in [0.05, 0.1) is 24.8 Å². The Labute approximate surface area is 191 Å². The fourth-order valence-corrected chi connectivity index (χ4v) is 4.27. The number of hydrogen-bond acceptors (Lipinski definition) is 5. The second kappa shape index (κ2) is 8.61. The van der Waals surface area contributed by atoms with Crippen molar-refractivity contribution in [2.24, 2.45) is 0 Å². The summed E-state index contributed by atoms with van der Waals surface area (Å²) in [5.74, 6) is 1.65. The number of pyridine rings is 1. The molecule has 0 saturated heterocycles. The van der Waals surface area contributed by atoms with Gasteiger partial charge < -0.3 is 9.30 Å². The molecule has 168 valence electrons. The number of fused-ring (bicyclic) bond motifs is 1. The van der Waals surface area contributed by atoms with Crippen molar-refractivity contribution >= 4 is 12.2 Å². The number of halogens is 1. The van der Waals surface area contributed by atoms with Crippen LogP contribution in [0.3, 0.4) is 0 Å². The number of ether oxygens (including phenoxy) is 1. The van der Waals surface area contributed by atoms with Gasteiger partial charge >= 0.3 is 0 Å². The van der Waals surface area contributed by atoms with Crippen LogP contribution in [0.4, 0.5) is 4.39 Å². The van der Waals surface area contributed by atoms with Crippen molar-refractivity contribution in [3.8, 4) is 11.6 Å². The van der Waals surface area contributed by atoms with E-state index in [1.165, 1.54) is 0 Å². The number of hydrogen-bond donors (Lipinski definition) is 0. The molecule has 0 amide bonds. The minimum atomic E-state index is -0.152. The van der Waals surface area contributed by atoms with Crippen LogP contribution in [0.25, 0.3) is 17.8 Å². The predicted octanol–water partition coefficient (Wildman–Crippen LogP) is 4.72. The molecule has 0 fully saturated rings. The molecule has 1 unspecified atom stereocenters. The van der Waals surface area contributed by atoms with Gasteiger partial charge in [0.25, 0.3) is 0 Å². The van der Waals surface area contributed by atoms with E-state index in [0.29, 0.717) is 22.8 Å². The van der Waals surface area contributed by atoms with E-state index in [4.69, 9.17) is 9.72 Å². The van der Waals surface area contributed by atoms with Crippen LogP contribution in [0.15, 0.2) is 42.9 Å². The first kappa shape index (κ1) is 21.1. The van der Waals surface area contributed by atoms with Crippen LogP contribution in [-0.2, 0) is 6.54 Å². The number of aromatic nitrogens is 6. The Morgan fingerprint density at radius 1 is 1.12 bits per heavy atom. The maximum absolute atomic E-state index is 14.8. The van der Waals surface area contributed by atoms with E-state index in [9.17, 15) is 4.39 Å². The van der Waals surface area contributed by atoms with Crippen molar-refractivity contribution in [3.63, 3.8) is 0 Å². The van der Waals surface area contributed by atoms with Crippen molar-refractivity contribution in [2.45, 2.75) is 39.2 Å². The van der Waals surface area contributed by atoms with Gasteiger partial charge in [0.1, 0.15) is 17.3 Å². The van der Waals surface area contributed by atoms with Crippen LogP contribution in [0, 0.1) is 19.7 Å². The highest BCUT2D eigenvalue weighted by molar-refractivity contribution is 5.65. The average molecular weight is 445 g/mol. The number of imidazole rings is 1. The molecule has 3 aromatic heterocycles. The summed E-state index contributed by atoms with van der Waals surface area (Å²) in [6, 6.07) is 9.39. The van der Waals surface area contributed by atoms with Crippen LogP contribution < -0.4 is 4.74 Å². The zero-order valence-corrected chi connectivity index (χ0v) is 18.9. The largest absolute Gasteiger partial charge is 0.479 e. The number of nitrogens with zero attached hydrogens (tertiary/aromatic N) is 6. The smallest absolute Gasteiger partial charge is 0.238 e. The lowest BCUT2D eigenvalue weighted by atomic mass is 9.90. The van der Waals surface area contributed by atoms with Crippen LogP contribution in [-0.4, -0.2) is 36.4 Å². The minimum Gasteiger partial charge on any atom is -0.479 e. The topological polar surface area (TPSA) is 70.7 Å². The quantitative estimate of drug-likeness (QED) is 0.446. The molecule has 4 aromatic rings. The van der Waals surface area contributed by atoms with Gasteiger partial charge in [-0.2, -0.15) is 5.10 Å². The SMILES string of the molecule is COc1nc(C=Cc2nc3n(n2)CCCC3c2cccc(C)c2F)ccc1-n1cnc(C)c1. The highest BCUT2D eigenvalue weighted by atomic mass is 19.1. The Morgan fingerprint density at radius 3 is 2.79 bits per heavy atom. The summed E-state index contributed by atoms with van der Waals surface area (Å²) in [7, 11) is 1.60. The third-order valence-corrected chi connectivity index (χ3v) is 5.94. The molecule has 0 spiro atoms. The highest BCUT2D eigenvalue weighted by Gasteiger charge is 2.27. The first-order chi connectivity index (χ1) is 16.0. The van der Waals surface area contributed by atoms with E-state index in [1.807, 2.05) is 58.8 Å². The van der Waals surface area contributed by atoms with Crippen LogP contribution in [0.1, 0.15) is 52.9 Å². The van der Waals surface area contributed by atoms with E-state index in [-0.39, 0.29) is 11.7 Å². The van der Waals surface area contributed by atoms with Gasteiger partial charge in [-0.1, -0.05) is 18.2 Å². The molecule has 8 heteroatoms. The van der Waals surface area contributed by atoms with Crippen LogP contribution >= 0.6 is 0 Å². The van der Waals surface area contributed by atoms with Crippen LogP contribution in [0.5, 0.6) is 5.88 Å². The number of rotatable bonds is 5. The summed E-state index contributed by atoms with van der Waals surface area (Å²) in [5, 5.41) is 4.63.